The highest BCUT2D eigenvalue weighted by atomic mass is 16.6. The zero-order chi connectivity index (χ0) is 19.8. The van der Waals surface area contributed by atoms with Gasteiger partial charge >= 0.3 is 6.09 Å². The van der Waals surface area contributed by atoms with Crippen molar-refractivity contribution in [3.63, 3.8) is 0 Å². The summed E-state index contributed by atoms with van der Waals surface area (Å²) in [5.41, 5.74) is 9.55. The molecule has 25 heavy (non-hydrogen) atoms. The lowest BCUT2D eigenvalue weighted by Gasteiger charge is -2.22. The van der Waals surface area contributed by atoms with Crippen LogP contribution in [0.1, 0.15) is 40.5 Å². The van der Waals surface area contributed by atoms with E-state index in [4.69, 9.17) is 16.2 Å². The molecule has 3 amide bonds. The molecule has 0 fully saturated rings. The molecular formula is C15H26N4O6. The van der Waals surface area contributed by atoms with Crippen LogP contribution in [0.15, 0.2) is 0 Å². The molecule has 0 rings (SSSR count). The van der Waals surface area contributed by atoms with Crippen molar-refractivity contribution >= 4 is 29.5 Å². The van der Waals surface area contributed by atoms with E-state index in [1.54, 1.807) is 27.7 Å². The second-order valence-corrected chi connectivity index (χ2v) is 6.39. The van der Waals surface area contributed by atoms with E-state index in [1.165, 1.54) is 0 Å². The predicted octanol–water partition coefficient (Wildman–Crippen LogP) is -1.25. The molecule has 6 N–H and O–H groups in total. The SMILES string of the molecule is CC[C@H](NC(=O)OC(C)(C)C)C(=O)NCC(=O)C(=O)[C@@H](N)CC(N)=O. The number of hydrogen-bond donors (Lipinski definition) is 4. The van der Waals surface area contributed by atoms with Crippen LogP contribution in [0.2, 0.25) is 0 Å². The topological polar surface area (TPSA) is 171 Å². The maximum Gasteiger partial charge on any atom is 0.408 e. The van der Waals surface area contributed by atoms with Crippen molar-refractivity contribution in [3.8, 4) is 0 Å². The third-order valence-corrected chi connectivity index (χ3v) is 2.87. The minimum absolute atomic E-state index is 0.244. The normalized spacial score (nSPS) is 13.3. The minimum Gasteiger partial charge on any atom is -0.444 e. The number of carbonyl (C=O) groups excluding carboxylic acids is 5. The van der Waals surface area contributed by atoms with E-state index in [0.717, 1.165) is 0 Å². The highest BCUT2D eigenvalue weighted by molar-refractivity contribution is 6.40. The Morgan fingerprint density at radius 2 is 1.68 bits per heavy atom. The quantitative estimate of drug-likeness (QED) is 0.373. The van der Waals surface area contributed by atoms with E-state index in [2.05, 4.69) is 10.6 Å². The van der Waals surface area contributed by atoms with E-state index in [9.17, 15) is 24.0 Å². The number of nitrogens with two attached hydrogens (primary N) is 2. The van der Waals surface area contributed by atoms with Crippen molar-refractivity contribution < 1.29 is 28.7 Å². The molecule has 0 spiro atoms. The first-order valence-electron chi connectivity index (χ1n) is 7.75. The molecule has 10 heteroatoms. The first kappa shape index (κ1) is 22.5. The number of ketones is 2. The van der Waals surface area contributed by atoms with E-state index in [-0.39, 0.29) is 6.42 Å². The number of Topliss-reactive ketones (excluding diaryl/α,β-unsaturated/α-hetero) is 2. The zero-order valence-corrected chi connectivity index (χ0v) is 14.9. The van der Waals surface area contributed by atoms with Crippen molar-refractivity contribution in [2.75, 3.05) is 6.54 Å². The van der Waals surface area contributed by atoms with Gasteiger partial charge in [0.25, 0.3) is 0 Å². The average molecular weight is 358 g/mol. The van der Waals surface area contributed by atoms with Crippen LogP contribution in [-0.4, -0.2) is 53.7 Å². The zero-order valence-electron chi connectivity index (χ0n) is 14.9. The largest absolute Gasteiger partial charge is 0.444 e. The summed E-state index contributed by atoms with van der Waals surface area (Å²) in [6.07, 6.45) is -0.995. The fraction of sp³-hybridized carbons (Fsp3) is 0.667. The molecule has 142 valence electrons. The lowest BCUT2D eigenvalue weighted by Crippen LogP contribution is -2.50. The number of amides is 3. The minimum atomic E-state index is -1.34. The maximum atomic E-state index is 12.0. The summed E-state index contributed by atoms with van der Waals surface area (Å²) in [7, 11) is 0. The Morgan fingerprint density at radius 3 is 2.12 bits per heavy atom. The molecular weight excluding hydrogens is 332 g/mol. The van der Waals surface area contributed by atoms with Crippen LogP contribution in [0.3, 0.4) is 0 Å². The summed E-state index contributed by atoms with van der Waals surface area (Å²) in [6, 6.07) is -2.28. The summed E-state index contributed by atoms with van der Waals surface area (Å²) < 4.78 is 5.04. The third-order valence-electron chi connectivity index (χ3n) is 2.87. The van der Waals surface area contributed by atoms with Crippen LogP contribution >= 0.6 is 0 Å². The van der Waals surface area contributed by atoms with E-state index in [1.807, 2.05) is 0 Å². The second kappa shape index (κ2) is 9.72. The van der Waals surface area contributed by atoms with Crippen molar-refractivity contribution in [1.82, 2.24) is 10.6 Å². The number of alkyl carbamates (subject to hydrolysis) is 1. The molecule has 0 aromatic heterocycles. The smallest absolute Gasteiger partial charge is 0.408 e. The fourth-order valence-electron chi connectivity index (χ4n) is 1.70. The molecule has 0 heterocycles. The lowest BCUT2D eigenvalue weighted by molar-refractivity contribution is -0.138. The van der Waals surface area contributed by atoms with Gasteiger partial charge in [-0.05, 0) is 27.2 Å². The molecule has 0 aliphatic rings. The van der Waals surface area contributed by atoms with E-state index >= 15 is 0 Å². The van der Waals surface area contributed by atoms with Gasteiger partial charge in [-0.25, -0.2) is 4.79 Å². The Labute approximate surface area is 146 Å². The van der Waals surface area contributed by atoms with Crippen molar-refractivity contribution in [3.05, 3.63) is 0 Å². The van der Waals surface area contributed by atoms with Crippen LogP contribution in [-0.2, 0) is 23.9 Å². The van der Waals surface area contributed by atoms with Crippen molar-refractivity contribution in [2.24, 2.45) is 11.5 Å². The third kappa shape index (κ3) is 9.40. The number of hydrogen-bond acceptors (Lipinski definition) is 7. The van der Waals surface area contributed by atoms with Gasteiger partial charge in [-0.1, -0.05) is 6.92 Å². The molecule has 0 unspecified atom stereocenters. The summed E-state index contributed by atoms with van der Waals surface area (Å²) in [6.45, 7) is 6.07. The molecule has 0 aromatic rings. The summed E-state index contributed by atoms with van der Waals surface area (Å²) in [5.74, 6) is -3.44. The first-order valence-corrected chi connectivity index (χ1v) is 7.75. The van der Waals surface area contributed by atoms with Crippen LogP contribution in [0.5, 0.6) is 0 Å². The monoisotopic (exact) mass is 358 g/mol. The van der Waals surface area contributed by atoms with Gasteiger partial charge in [0.1, 0.15) is 11.6 Å². The number of rotatable bonds is 9. The van der Waals surface area contributed by atoms with Gasteiger partial charge in [0.05, 0.1) is 12.6 Å². The molecule has 0 bridgehead atoms. The number of ether oxygens (including phenoxy) is 1. The van der Waals surface area contributed by atoms with Gasteiger partial charge in [0.15, 0.2) is 0 Å². The van der Waals surface area contributed by atoms with Crippen LogP contribution in [0, 0.1) is 0 Å². The Kier molecular flexibility index (Phi) is 8.75. The van der Waals surface area contributed by atoms with Gasteiger partial charge in [-0.15, -0.1) is 0 Å². The highest BCUT2D eigenvalue weighted by Crippen LogP contribution is 2.07. The van der Waals surface area contributed by atoms with Crippen LogP contribution in [0.4, 0.5) is 4.79 Å². The molecule has 0 saturated heterocycles. The summed E-state index contributed by atoms with van der Waals surface area (Å²) in [4.78, 5) is 57.7. The highest BCUT2D eigenvalue weighted by Gasteiger charge is 2.26. The standard InChI is InChI=1S/C15H26N4O6/c1-5-9(19-14(24)25-15(2,3)4)13(23)18-7-10(20)12(22)8(16)6-11(17)21/h8-9H,5-7,16H2,1-4H3,(H2,17,21)(H,18,23)(H,19,24)/t8-,9-/m0/s1. The van der Waals surface area contributed by atoms with E-state index in [0.29, 0.717) is 0 Å². The van der Waals surface area contributed by atoms with E-state index < -0.39 is 60.1 Å². The molecule has 0 radical (unpaired) electrons. The van der Waals surface area contributed by atoms with Crippen molar-refractivity contribution in [1.29, 1.82) is 0 Å². The van der Waals surface area contributed by atoms with Gasteiger partial charge in [-0.2, -0.15) is 0 Å². The number of carbonyl (C=O) groups is 5. The molecule has 10 nitrogen and oxygen atoms in total. The first-order chi connectivity index (χ1) is 11.4. The molecule has 2 atom stereocenters. The van der Waals surface area contributed by atoms with Gasteiger partial charge in [0.2, 0.25) is 23.4 Å². The predicted molar refractivity (Wildman–Crippen MR) is 88.3 cm³/mol. The molecule has 0 saturated carbocycles. The number of primary amides is 1. The molecule has 0 aromatic carbocycles. The van der Waals surface area contributed by atoms with Gasteiger partial charge in [0, 0.05) is 6.42 Å². The van der Waals surface area contributed by atoms with Gasteiger partial charge < -0.3 is 26.8 Å². The number of nitrogens with one attached hydrogen (secondary N) is 2. The van der Waals surface area contributed by atoms with Crippen LogP contribution < -0.4 is 22.1 Å². The molecule has 0 aliphatic carbocycles. The average Bonchev–Trinajstić information content (AvgIpc) is 2.46. The van der Waals surface area contributed by atoms with Crippen molar-refractivity contribution in [2.45, 2.75) is 58.2 Å². The summed E-state index contributed by atoms with van der Waals surface area (Å²) >= 11 is 0. The Hall–Kier alpha value is -2.49. The Balaban J connectivity index is 4.54. The summed E-state index contributed by atoms with van der Waals surface area (Å²) in [5, 5.41) is 4.61. The Morgan fingerprint density at radius 1 is 1.12 bits per heavy atom. The second-order valence-electron chi connectivity index (χ2n) is 6.39. The lowest BCUT2D eigenvalue weighted by atomic mass is 10.1. The maximum absolute atomic E-state index is 12.0. The van der Waals surface area contributed by atoms with Crippen LogP contribution in [0.25, 0.3) is 0 Å². The molecule has 0 aliphatic heterocycles. The Bertz CT molecular complexity index is 541. The fourth-order valence-corrected chi connectivity index (χ4v) is 1.70. The van der Waals surface area contributed by atoms with Gasteiger partial charge in [-0.3, -0.25) is 19.2 Å².